The van der Waals surface area contributed by atoms with E-state index in [0.717, 1.165) is 35.0 Å². The van der Waals surface area contributed by atoms with E-state index in [2.05, 4.69) is 61.9 Å². The van der Waals surface area contributed by atoms with Crippen LogP contribution >= 0.6 is 0 Å². The summed E-state index contributed by atoms with van der Waals surface area (Å²) in [6.45, 7) is 9.90. The average molecular weight is 427 g/mol. The zero-order valence-electron chi connectivity index (χ0n) is 19.4. The molecule has 3 aromatic rings. The molecule has 4 rings (SSSR count). The average Bonchev–Trinajstić information content (AvgIpc) is 2.79. The molecule has 0 aromatic heterocycles. The third kappa shape index (κ3) is 4.54. The first-order valence-electron chi connectivity index (χ1n) is 11.0. The molecule has 1 heterocycles. The van der Waals surface area contributed by atoms with Crippen molar-refractivity contribution >= 4 is 23.2 Å². The predicted molar refractivity (Wildman–Crippen MR) is 134 cm³/mol. The number of likely N-dealkylation sites (N-methyl/N-ethyl adjacent to an activating group) is 1. The van der Waals surface area contributed by atoms with E-state index in [0.29, 0.717) is 0 Å². The van der Waals surface area contributed by atoms with Crippen LogP contribution in [0.25, 0.3) is 5.57 Å². The maximum Gasteiger partial charge on any atom is 0.127 e. The second kappa shape index (κ2) is 8.91. The van der Waals surface area contributed by atoms with Gasteiger partial charge in [0, 0.05) is 24.0 Å². The van der Waals surface area contributed by atoms with Gasteiger partial charge in [-0.1, -0.05) is 12.1 Å². The van der Waals surface area contributed by atoms with Gasteiger partial charge in [0.25, 0.3) is 0 Å². The molecule has 0 saturated carbocycles. The maximum atomic E-state index is 5.89. The Morgan fingerprint density at radius 3 is 2.16 bits per heavy atom. The first-order chi connectivity index (χ1) is 15.4. The van der Waals surface area contributed by atoms with Gasteiger partial charge in [0.05, 0.1) is 18.3 Å². The lowest BCUT2D eigenvalue weighted by atomic mass is 9.88. The summed E-state index contributed by atoms with van der Waals surface area (Å²) in [5.74, 6) is 2.34. The number of fused-ring (bicyclic) bond motifs is 1. The number of methoxy groups -OCH3 is 1. The molecule has 0 bridgehead atoms. The summed E-state index contributed by atoms with van der Waals surface area (Å²) in [4.78, 5) is 7.10. The summed E-state index contributed by atoms with van der Waals surface area (Å²) in [6.07, 6.45) is 4.27. The number of nitrogens with zero attached hydrogens (tertiary/aromatic N) is 2. The predicted octanol–water partition coefficient (Wildman–Crippen LogP) is 7.26. The van der Waals surface area contributed by atoms with E-state index >= 15 is 0 Å². The molecule has 0 amide bonds. The van der Waals surface area contributed by atoms with Crippen LogP contribution in [-0.2, 0) is 0 Å². The van der Waals surface area contributed by atoms with Crippen LogP contribution in [0.3, 0.4) is 0 Å². The zero-order valence-corrected chi connectivity index (χ0v) is 19.4. The zero-order chi connectivity index (χ0) is 22.7. The highest BCUT2D eigenvalue weighted by Crippen LogP contribution is 2.39. The highest BCUT2D eigenvalue weighted by molar-refractivity contribution is 5.88. The molecule has 0 fully saturated rings. The fourth-order valence-corrected chi connectivity index (χ4v) is 4.29. The molecule has 3 aromatic carbocycles. The molecule has 0 atom stereocenters. The molecular weight excluding hydrogens is 396 g/mol. The summed E-state index contributed by atoms with van der Waals surface area (Å²) >= 11 is 0. The number of allylic oxidation sites excluding steroid dienone is 1. The number of ether oxygens (including phenoxy) is 2. The standard InChI is InChI=1S/C28H30N2O2/c1-6-30-27-16-7-21(17-26(27)20(2)18-28(30,3)4)19-29-22-8-10-24(11-9-22)32-25-14-12-23(31-5)13-15-25/h7-19H,6H2,1-5H3. The Balaban J connectivity index is 1.48. The summed E-state index contributed by atoms with van der Waals surface area (Å²) in [5, 5.41) is 0. The quantitative estimate of drug-likeness (QED) is 0.389. The van der Waals surface area contributed by atoms with Gasteiger partial charge in [-0.15, -0.1) is 0 Å². The van der Waals surface area contributed by atoms with Crippen LogP contribution in [0, 0.1) is 0 Å². The van der Waals surface area contributed by atoms with Gasteiger partial charge in [-0.2, -0.15) is 0 Å². The number of aliphatic imine (C=N–C) groups is 1. The van der Waals surface area contributed by atoms with E-state index in [1.807, 2.05) is 54.7 Å². The number of rotatable bonds is 6. The van der Waals surface area contributed by atoms with Crippen molar-refractivity contribution in [1.82, 2.24) is 0 Å². The van der Waals surface area contributed by atoms with Crippen molar-refractivity contribution in [2.24, 2.45) is 4.99 Å². The van der Waals surface area contributed by atoms with Crippen LogP contribution in [0.1, 0.15) is 38.8 Å². The van der Waals surface area contributed by atoms with Crippen molar-refractivity contribution in [2.75, 3.05) is 18.6 Å². The summed E-state index contributed by atoms with van der Waals surface area (Å²) < 4.78 is 11.1. The molecule has 32 heavy (non-hydrogen) atoms. The highest BCUT2D eigenvalue weighted by atomic mass is 16.5. The van der Waals surface area contributed by atoms with Crippen molar-refractivity contribution < 1.29 is 9.47 Å². The van der Waals surface area contributed by atoms with Crippen LogP contribution in [0.5, 0.6) is 17.2 Å². The lowest BCUT2D eigenvalue weighted by Gasteiger charge is -2.42. The fraction of sp³-hybridized carbons (Fsp3) is 0.250. The minimum Gasteiger partial charge on any atom is -0.497 e. The van der Waals surface area contributed by atoms with Gasteiger partial charge in [0.15, 0.2) is 0 Å². The molecule has 0 spiro atoms. The van der Waals surface area contributed by atoms with Crippen molar-refractivity contribution in [3.63, 3.8) is 0 Å². The second-order valence-electron chi connectivity index (χ2n) is 8.53. The lowest BCUT2D eigenvalue weighted by Crippen LogP contribution is -2.44. The Kier molecular flexibility index (Phi) is 6.04. The van der Waals surface area contributed by atoms with Crippen LogP contribution in [0.15, 0.2) is 77.8 Å². The fourth-order valence-electron chi connectivity index (χ4n) is 4.29. The van der Waals surface area contributed by atoms with E-state index in [1.165, 1.54) is 16.8 Å². The Labute approximate surface area is 190 Å². The smallest absolute Gasteiger partial charge is 0.127 e. The molecule has 0 N–H and O–H groups in total. The van der Waals surface area contributed by atoms with Crippen LogP contribution in [0.4, 0.5) is 11.4 Å². The SMILES string of the molecule is CCN1c2ccc(C=Nc3ccc(Oc4ccc(OC)cc4)cc3)cc2C(C)=CC1(C)C. The summed E-state index contributed by atoms with van der Waals surface area (Å²) in [6, 6.07) is 21.9. The number of anilines is 1. The van der Waals surface area contributed by atoms with Gasteiger partial charge < -0.3 is 14.4 Å². The van der Waals surface area contributed by atoms with Gasteiger partial charge in [0.2, 0.25) is 0 Å². The van der Waals surface area contributed by atoms with E-state index in [4.69, 9.17) is 9.47 Å². The molecular formula is C28H30N2O2. The van der Waals surface area contributed by atoms with Gasteiger partial charge >= 0.3 is 0 Å². The monoisotopic (exact) mass is 426 g/mol. The van der Waals surface area contributed by atoms with Crippen LogP contribution in [0.2, 0.25) is 0 Å². The van der Waals surface area contributed by atoms with Crippen molar-refractivity contribution in [3.05, 3.63) is 83.9 Å². The van der Waals surface area contributed by atoms with E-state index < -0.39 is 0 Å². The van der Waals surface area contributed by atoms with E-state index in [1.54, 1.807) is 7.11 Å². The molecule has 1 aliphatic heterocycles. The molecule has 1 aliphatic rings. The first kappa shape index (κ1) is 21.7. The molecule has 4 heteroatoms. The summed E-state index contributed by atoms with van der Waals surface area (Å²) in [5.41, 5.74) is 5.87. The summed E-state index contributed by atoms with van der Waals surface area (Å²) in [7, 11) is 1.65. The second-order valence-corrected chi connectivity index (χ2v) is 8.53. The van der Waals surface area contributed by atoms with Gasteiger partial charge in [-0.25, -0.2) is 0 Å². The molecule has 0 saturated heterocycles. The molecule has 164 valence electrons. The lowest BCUT2D eigenvalue weighted by molar-refractivity contribution is 0.413. The van der Waals surface area contributed by atoms with Crippen molar-refractivity contribution in [1.29, 1.82) is 0 Å². The molecule has 0 radical (unpaired) electrons. The molecule has 0 aliphatic carbocycles. The third-order valence-electron chi connectivity index (χ3n) is 5.81. The number of hydrogen-bond donors (Lipinski definition) is 0. The Bertz CT molecular complexity index is 1140. The molecule has 4 nitrogen and oxygen atoms in total. The number of hydrogen-bond acceptors (Lipinski definition) is 4. The van der Waals surface area contributed by atoms with Gasteiger partial charge in [0.1, 0.15) is 17.2 Å². The topological polar surface area (TPSA) is 34.1 Å². The van der Waals surface area contributed by atoms with Gasteiger partial charge in [-0.3, -0.25) is 4.99 Å². The maximum absolute atomic E-state index is 5.89. The molecule has 0 unspecified atom stereocenters. The first-order valence-corrected chi connectivity index (χ1v) is 11.0. The minimum absolute atomic E-state index is 0.0249. The Morgan fingerprint density at radius 1 is 0.906 bits per heavy atom. The van der Waals surface area contributed by atoms with Gasteiger partial charge in [-0.05, 0) is 99.5 Å². The normalized spacial score (nSPS) is 14.8. The number of benzene rings is 3. The van der Waals surface area contributed by atoms with Crippen LogP contribution in [-0.4, -0.2) is 25.4 Å². The third-order valence-corrected chi connectivity index (χ3v) is 5.81. The Morgan fingerprint density at radius 2 is 1.53 bits per heavy atom. The Hall–Kier alpha value is -3.53. The van der Waals surface area contributed by atoms with Crippen LogP contribution < -0.4 is 14.4 Å². The van der Waals surface area contributed by atoms with E-state index in [9.17, 15) is 0 Å². The van der Waals surface area contributed by atoms with Crippen molar-refractivity contribution in [3.8, 4) is 17.2 Å². The largest absolute Gasteiger partial charge is 0.497 e. The highest BCUT2D eigenvalue weighted by Gasteiger charge is 2.29. The minimum atomic E-state index is 0.0249. The van der Waals surface area contributed by atoms with E-state index in [-0.39, 0.29) is 5.54 Å². The van der Waals surface area contributed by atoms with Crippen molar-refractivity contribution in [2.45, 2.75) is 33.2 Å².